The summed E-state index contributed by atoms with van der Waals surface area (Å²) in [5.74, 6) is 1.48. The van der Waals surface area contributed by atoms with Gasteiger partial charge in [0.2, 0.25) is 5.91 Å². The Labute approximate surface area is 167 Å². The number of piperidine rings is 1. The Bertz CT molecular complexity index is 840. The Hall–Kier alpha value is -2.27. The van der Waals surface area contributed by atoms with E-state index in [9.17, 15) is 4.79 Å². The average Bonchev–Trinajstić information content (AvgIpc) is 2.73. The van der Waals surface area contributed by atoms with Crippen LogP contribution in [0.5, 0.6) is 0 Å². The normalized spacial score (nSPS) is 19.3. The van der Waals surface area contributed by atoms with E-state index in [0.717, 1.165) is 56.8 Å². The summed E-state index contributed by atoms with van der Waals surface area (Å²) in [5.41, 5.74) is 4.80. The predicted molar refractivity (Wildman–Crippen MR) is 110 cm³/mol. The van der Waals surface area contributed by atoms with E-state index >= 15 is 0 Å². The number of hydrogen-bond acceptors (Lipinski definition) is 4. The average molecular weight is 379 g/mol. The van der Waals surface area contributed by atoms with Gasteiger partial charge in [-0.1, -0.05) is 29.8 Å². The van der Waals surface area contributed by atoms with Crippen LogP contribution in [0.25, 0.3) is 0 Å². The van der Waals surface area contributed by atoms with Crippen LogP contribution in [0.4, 0.5) is 0 Å². The van der Waals surface area contributed by atoms with Crippen LogP contribution in [0.1, 0.15) is 59.8 Å². The maximum absolute atomic E-state index is 12.9. The van der Waals surface area contributed by atoms with Gasteiger partial charge in [-0.15, -0.1) is 0 Å². The predicted octanol–water partition coefficient (Wildman–Crippen LogP) is 3.28. The minimum atomic E-state index is -0.0888. The fraction of sp³-hybridized carbons (Fsp3) is 0.522. The molecule has 5 heteroatoms. The van der Waals surface area contributed by atoms with Crippen LogP contribution in [0.15, 0.2) is 30.5 Å². The van der Waals surface area contributed by atoms with Gasteiger partial charge in [0.05, 0.1) is 5.92 Å². The SMILES string of the molecule is Cc1ccc([C@H](C)C(=O)N2CCC(c3ncc4c(n3)CCN(C)C4)CC2)cc1. The van der Waals surface area contributed by atoms with E-state index in [1.807, 2.05) is 18.0 Å². The van der Waals surface area contributed by atoms with Gasteiger partial charge >= 0.3 is 0 Å². The molecule has 4 rings (SSSR count). The highest BCUT2D eigenvalue weighted by molar-refractivity contribution is 5.83. The molecule has 0 N–H and O–H groups in total. The highest BCUT2D eigenvalue weighted by Gasteiger charge is 2.29. The zero-order valence-electron chi connectivity index (χ0n) is 17.2. The summed E-state index contributed by atoms with van der Waals surface area (Å²) in [6, 6.07) is 8.30. The number of likely N-dealkylation sites (tertiary alicyclic amines) is 1. The van der Waals surface area contributed by atoms with E-state index in [1.165, 1.54) is 16.8 Å². The van der Waals surface area contributed by atoms with Crippen molar-refractivity contribution in [2.75, 3.05) is 26.7 Å². The molecule has 0 saturated carbocycles. The summed E-state index contributed by atoms with van der Waals surface area (Å²) in [6.07, 6.45) is 4.92. The molecule has 1 aromatic carbocycles. The molecule has 0 aliphatic carbocycles. The number of nitrogens with zero attached hydrogens (tertiary/aromatic N) is 4. The molecule has 5 nitrogen and oxygen atoms in total. The van der Waals surface area contributed by atoms with Crippen LogP contribution in [0.2, 0.25) is 0 Å². The van der Waals surface area contributed by atoms with Crippen LogP contribution < -0.4 is 0 Å². The Kier molecular flexibility index (Phi) is 5.44. The van der Waals surface area contributed by atoms with Crippen LogP contribution >= 0.6 is 0 Å². The minimum absolute atomic E-state index is 0.0888. The third-order valence-corrected chi connectivity index (χ3v) is 6.26. The van der Waals surface area contributed by atoms with E-state index in [1.54, 1.807) is 0 Å². The third kappa shape index (κ3) is 3.95. The third-order valence-electron chi connectivity index (χ3n) is 6.26. The summed E-state index contributed by atoms with van der Waals surface area (Å²) in [6.45, 7) is 7.68. The molecule has 1 fully saturated rings. The first-order valence-corrected chi connectivity index (χ1v) is 10.4. The first-order valence-electron chi connectivity index (χ1n) is 10.4. The quantitative estimate of drug-likeness (QED) is 0.822. The summed E-state index contributed by atoms with van der Waals surface area (Å²) in [4.78, 5) is 26.8. The highest BCUT2D eigenvalue weighted by Crippen LogP contribution is 2.29. The van der Waals surface area contributed by atoms with Crippen molar-refractivity contribution in [3.05, 3.63) is 58.7 Å². The number of carbonyl (C=O) groups is 1. The van der Waals surface area contributed by atoms with Gasteiger partial charge in [0.15, 0.2) is 0 Å². The maximum Gasteiger partial charge on any atom is 0.229 e. The Morgan fingerprint density at radius 1 is 1.14 bits per heavy atom. The van der Waals surface area contributed by atoms with E-state index in [2.05, 4.69) is 48.1 Å². The molecule has 28 heavy (non-hydrogen) atoms. The number of aryl methyl sites for hydroxylation is 1. The van der Waals surface area contributed by atoms with Crippen molar-refractivity contribution < 1.29 is 4.79 Å². The molecule has 3 heterocycles. The number of benzene rings is 1. The number of amides is 1. The molecule has 0 spiro atoms. The second kappa shape index (κ2) is 8.00. The van der Waals surface area contributed by atoms with Gasteiger partial charge in [-0.3, -0.25) is 4.79 Å². The first kappa shape index (κ1) is 19.1. The number of aromatic nitrogens is 2. The van der Waals surface area contributed by atoms with Crippen molar-refractivity contribution in [2.24, 2.45) is 0 Å². The lowest BCUT2D eigenvalue weighted by molar-refractivity contribution is -0.133. The van der Waals surface area contributed by atoms with E-state index in [-0.39, 0.29) is 11.8 Å². The zero-order chi connectivity index (χ0) is 19.7. The van der Waals surface area contributed by atoms with Crippen molar-refractivity contribution in [2.45, 2.75) is 51.5 Å². The van der Waals surface area contributed by atoms with Crippen LogP contribution in [-0.4, -0.2) is 52.4 Å². The molecule has 2 aromatic rings. The number of fused-ring (bicyclic) bond motifs is 1. The van der Waals surface area contributed by atoms with Crippen molar-refractivity contribution in [3.8, 4) is 0 Å². The summed E-state index contributed by atoms with van der Waals surface area (Å²) >= 11 is 0. The second-order valence-corrected chi connectivity index (χ2v) is 8.42. The fourth-order valence-electron chi connectivity index (χ4n) is 4.30. The molecule has 148 valence electrons. The van der Waals surface area contributed by atoms with E-state index in [4.69, 9.17) is 4.98 Å². The van der Waals surface area contributed by atoms with E-state index in [0.29, 0.717) is 5.92 Å². The van der Waals surface area contributed by atoms with Crippen molar-refractivity contribution >= 4 is 5.91 Å². The molecule has 1 saturated heterocycles. The van der Waals surface area contributed by atoms with Gasteiger partial charge in [-0.2, -0.15) is 0 Å². The number of rotatable bonds is 3. The number of carbonyl (C=O) groups excluding carboxylic acids is 1. The van der Waals surface area contributed by atoms with Gasteiger partial charge in [-0.25, -0.2) is 9.97 Å². The van der Waals surface area contributed by atoms with Gasteiger partial charge in [0, 0.05) is 56.0 Å². The molecule has 0 unspecified atom stereocenters. The van der Waals surface area contributed by atoms with Crippen molar-refractivity contribution in [3.63, 3.8) is 0 Å². The zero-order valence-corrected chi connectivity index (χ0v) is 17.2. The lowest BCUT2D eigenvalue weighted by atomic mass is 9.93. The molecule has 2 aliphatic heterocycles. The lowest BCUT2D eigenvalue weighted by Crippen LogP contribution is -2.40. The number of likely N-dealkylation sites (N-methyl/N-ethyl adjacent to an activating group) is 1. The molecular formula is C23H30N4O. The minimum Gasteiger partial charge on any atom is -0.342 e. The maximum atomic E-state index is 12.9. The molecule has 2 aliphatic rings. The van der Waals surface area contributed by atoms with Gasteiger partial charge in [-0.05, 0) is 39.3 Å². The second-order valence-electron chi connectivity index (χ2n) is 8.42. The smallest absolute Gasteiger partial charge is 0.229 e. The van der Waals surface area contributed by atoms with Gasteiger partial charge in [0.1, 0.15) is 5.82 Å². The Morgan fingerprint density at radius 2 is 1.86 bits per heavy atom. The van der Waals surface area contributed by atoms with E-state index < -0.39 is 0 Å². The van der Waals surface area contributed by atoms with Gasteiger partial charge in [0.25, 0.3) is 0 Å². The Balaban J connectivity index is 1.38. The Morgan fingerprint density at radius 3 is 2.57 bits per heavy atom. The molecule has 1 amide bonds. The van der Waals surface area contributed by atoms with Gasteiger partial charge < -0.3 is 9.80 Å². The summed E-state index contributed by atoms with van der Waals surface area (Å²) < 4.78 is 0. The molecule has 1 aromatic heterocycles. The molecular weight excluding hydrogens is 348 g/mol. The highest BCUT2D eigenvalue weighted by atomic mass is 16.2. The van der Waals surface area contributed by atoms with Crippen LogP contribution in [0, 0.1) is 6.92 Å². The fourth-order valence-corrected chi connectivity index (χ4v) is 4.30. The monoisotopic (exact) mass is 378 g/mol. The van der Waals surface area contributed by atoms with Crippen LogP contribution in [-0.2, 0) is 17.8 Å². The van der Waals surface area contributed by atoms with Crippen molar-refractivity contribution in [1.82, 2.24) is 19.8 Å². The molecule has 0 radical (unpaired) electrons. The summed E-state index contributed by atoms with van der Waals surface area (Å²) in [5, 5.41) is 0. The lowest BCUT2D eigenvalue weighted by Gasteiger charge is -2.33. The summed E-state index contributed by atoms with van der Waals surface area (Å²) in [7, 11) is 2.14. The molecule has 0 bridgehead atoms. The standard InChI is InChI=1S/C23H30N4O/c1-16-4-6-18(7-5-16)17(2)23(28)27-12-8-19(9-13-27)22-24-14-20-15-26(3)11-10-21(20)25-22/h4-7,14,17,19H,8-13,15H2,1-3H3/t17-/m0/s1. The topological polar surface area (TPSA) is 49.3 Å². The first-order chi connectivity index (χ1) is 13.5. The largest absolute Gasteiger partial charge is 0.342 e. The number of hydrogen-bond donors (Lipinski definition) is 0. The molecule has 1 atom stereocenters. The van der Waals surface area contributed by atoms with Crippen LogP contribution in [0.3, 0.4) is 0 Å². The van der Waals surface area contributed by atoms with Crippen molar-refractivity contribution in [1.29, 1.82) is 0 Å².